The predicted octanol–water partition coefficient (Wildman–Crippen LogP) is 3.20. The van der Waals surface area contributed by atoms with Crippen LogP contribution in [-0.4, -0.2) is 55.3 Å². The van der Waals surface area contributed by atoms with Crippen molar-refractivity contribution in [2.45, 2.75) is 18.9 Å². The smallest absolute Gasteiger partial charge is 0.253 e. The van der Waals surface area contributed by atoms with Gasteiger partial charge in [0.05, 0.1) is 18.2 Å². The van der Waals surface area contributed by atoms with Crippen molar-refractivity contribution in [3.05, 3.63) is 59.0 Å². The van der Waals surface area contributed by atoms with Crippen molar-refractivity contribution in [3.63, 3.8) is 0 Å². The first-order valence-electron chi connectivity index (χ1n) is 9.48. The molecule has 28 heavy (non-hydrogen) atoms. The van der Waals surface area contributed by atoms with E-state index in [0.717, 1.165) is 18.6 Å². The van der Waals surface area contributed by atoms with E-state index in [1.54, 1.807) is 35.4 Å². The van der Waals surface area contributed by atoms with Gasteiger partial charge in [-0.2, -0.15) is 0 Å². The van der Waals surface area contributed by atoms with Gasteiger partial charge in [0.25, 0.3) is 5.91 Å². The van der Waals surface area contributed by atoms with Crippen LogP contribution in [-0.2, 0) is 4.79 Å². The lowest BCUT2D eigenvalue weighted by Gasteiger charge is -2.32. The van der Waals surface area contributed by atoms with Crippen LogP contribution < -0.4 is 5.32 Å². The van der Waals surface area contributed by atoms with Crippen molar-refractivity contribution >= 4 is 23.4 Å². The predicted molar refractivity (Wildman–Crippen MR) is 108 cm³/mol. The Hall–Kier alpha value is -2.31. The van der Waals surface area contributed by atoms with E-state index in [9.17, 15) is 9.59 Å². The molecule has 2 amide bonds. The molecule has 0 bridgehead atoms. The molecule has 2 atom stereocenters. The molecular formula is C21H26ClN3O3. The van der Waals surface area contributed by atoms with Gasteiger partial charge in [-0.25, -0.2) is 0 Å². The summed E-state index contributed by atoms with van der Waals surface area (Å²) >= 11 is 5.90. The fourth-order valence-corrected chi connectivity index (χ4v) is 3.64. The van der Waals surface area contributed by atoms with Gasteiger partial charge in [-0.15, -0.1) is 0 Å². The molecule has 0 unspecified atom stereocenters. The largest absolute Gasteiger partial charge is 0.468 e. The summed E-state index contributed by atoms with van der Waals surface area (Å²) in [5.74, 6) is 0.529. The molecular weight excluding hydrogens is 378 g/mol. The van der Waals surface area contributed by atoms with E-state index in [-0.39, 0.29) is 23.8 Å². The summed E-state index contributed by atoms with van der Waals surface area (Å²) in [5, 5.41) is 3.63. The summed E-state index contributed by atoms with van der Waals surface area (Å²) in [7, 11) is 3.90. The van der Waals surface area contributed by atoms with E-state index < -0.39 is 0 Å². The van der Waals surface area contributed by atoms with Crippen LogP contribution in [0.4, 0.5) is 0 Å². The molecule has 1 aliphatic heterocycles. The molecule has 1 aliphatic rings. The number of likely N-dealkylation sites (tertiary alicyclic amines) is 1. The number of likely N-dealkylation sites (N-methyl/N-ethyl adjacent to an activating group) is 1. The molecule has 0 aliphatic carbocycles. The number of nitrogens with one attached hydrogen (secondary N) is 1. The minimum Gasteiger partial charge on any atom is -0.468 e. The third-order valence-corrected chi connectivity index (χ3v) is 5.39. The Kier molecular flexibility index (Phi) is 6.75. The first-order valence-corrected chi connectivity index (χ1v) is 9.86. The van der Waals surface area contributed by atoms with E-state index in [2.05, 4.69) is 5.32 Å². The van der Waals surface area contributed by atoms with E-state index >= 15 is 0 Å². The van der Waals surface area contributed by atoms with Crippen molar-refractivity contribution in [1.29, 1.82) is 0 Å². The zero-order chi connectivity index (χ0) is 20.1. The average Bonchev–Trinajstić information content (AvgIpc) is 3.22. The summed E-state index contributed by atoms with van der Waals surface area (Å²) in [4.78, 5) is 29.2. The first-order chi connectivity index (χ1) is 13.5. The second-order valence-corrected chi connectivity index (χ2v) is 7.77. The number of rotatable bonds is 6. The standard InChI is InChI=1S/C21H26ClN3O3/c1-24(2)18(19-6-4-12-28-19)13-23-20(26)16-5-3-11-25(14-16)21(27)15-7-9-17(22)10-8-15/h4,6-10,12,16,18H,3,5,11,13-14H2,1-2H3,(H,23,26)/t16-,18-/m0/s1. The van der Waals surface area contributed by atoms with Gasteiger partial charge in [-0.3, -0.25) is 14.5 Å². The Bertz CT molecular complexity index is 790. The molecule has 1 N–H and O–H groups in total. The van der Waals surface area contributed by atoms with Gasteiger partial charge in [-0.05, 0) is 63.3 Å². The molecule has 0 saturated carbocycles. The molecule has 7 heteroatoms. The monoisotopic (exact) mass is 403 g/mol. The number of nitrogens with zero attached hydrogens (tertiary/aromatic N) is 2. The summed E-state index contributed by atoms with van der Waals surface area (Å²) in [5.41, 5.74) is 0.593. The number of hydrogen-bond donors (Lipinski definition) is 1. The molecule has 2 aromatic rings. The fraction of sp³-hybridized carbons (Fsp3) is 0.429. The molecule has 6 nitrogen and oxygen atoms in total. The number of piperidine rings is 1. The van der Waals surface area contributed by atoms with Crippen LogP contribution in [0.2, 0.25) is 5.02 Å². The van der Waals surface area contributed by atoms with Gasteiger partial charge in [0, 0.05) is 30.2 Å². The number of carbonyl (C=O) groups is 2. The quantitative estimate of drug-likeness (QED) is 0.804. The second-order valence-electron chi connectivity index (χ2n) is 7.34. The molecule has 1 aromatic heterocycles. The maximum atomic E-state index is 12.7. The Balaban J connectivity index is 1.58. The van der Waals surface area contributed by atoms with Crippen LogP contribution in [0.3, 0.4) is 0 Å². The molecule has 0 spiro atoms. The van der Waals surface area contributed by atoms with E-state index in [0.29, 0.717) is 30.2 Å². The third-order valence-electron chi connectivity index (χ3n) is 5.14. The zero-order valence-corrected chi connectivity index (χ0v) is 17.0. The van der Waals surface area contributed by atoms with E-state index in [4.69, 9.17) is 16.0 Å². The van der Waals surface area contributed by atoms with Crippen LogP contribution >= 0.6 is 11.6 Å². The molecule has 150 valence electrons. The van der Waals surface area contributed by atoms with Crippen molar-refractivity contribution in [2.24, 2.45) is 5.92 Å². The van der Waals surface area contributed by atoms with Crippen LogP contribution in [0.15, 0.2) is 47.1 Å². The highest BCUT2D eigenvalue weighted by molar-refractivity contribution is 6.30. The number of benzene rings is 1. The molecule has 1 aromatic carbocycles. The van der Waals surface area contributed by atoms with Crippen molar-refractivity contribution in [3.8, 4) is 0 Å². The van der Waals surface area contributed by atoms with Crippen molar-refractivity contribution < 1.29 is 14.0 Å². The highest BCUT2D eigenvalue weighted by Gasteiger charge is 2.29. The van der Waals surface area contributed by atoms with Crippen molar-refractivity contribution in [1.82, 2.24) is 15.1 Å². The summed E-state index contributed by atoms with van der Waals surface area (Å²) < 4.78 is 5.49. The van der Waals surface area contributed by atoms with Crippen LogP contribution in [0.5, 0.6) is 0 Å². The van der Waals surface area contributed by atoms with Gasteiger partial charge in [-0.1, -0.05) is 11.6 Å². The maximum Gasteiger partial charge on any atom is 0.253 e. The van der Waals surface area contributed by atoms with Gasteiger partial charge in [0.1, 0.15) is 5.76 Å². The van der Waals surface area contributed by atoms with Gasteiger partial charge in [0.15, 0.2) is 0 Å². The Morgan fingerprint density at radius 2 is 2.04 bits per heavy atom. The lowest BCUT2D eigenvalue weighted by Crippen LogP contribution is -2.46. The van der Waals surface area contributed by atoms with Gasteiger partial charge < -0.3 is 14.6 Å². The minimum atomic E-state index is -0.204. The number of hydrogen-bond acceptors (Lipinski definition) is 4. The number of amides is 2. The van der Waals surface area contributed by atoms with Crippen molar-refractivity contribution in [2.75, 3.05) is 33.7 Å². The fourth-order valence-electron chi connectivity index (χ4n) is 3.51. The van der Waals surface area contributed by atoms with Gasteiger partial charge in [0.2, 0.25) is 5.91 Å². The summed E-state index contributed by atoms with van der Waals surface area (Å²) in [6.07, 6.45) is 3.23. The van der Waals surface area contributed by atoms with Crippen LogP contribution in [0.1, 0.15) is 35.0 Å². The minimum absolute atomic E-state index is 0.0213. The van der Waals surface area contributed by atoms with E-state index in [1.807, 2.05) is 31.1 Å². The van der Waals surface area contributed by atoms with Gasteiger partial charge >= 0.3 is 0 Å². The molecule has 3 rings (SSSR count). The molecule has 1 saturated heterocycles. The lowest BCUT2D eigenvalue weighted by molar-refractivity contribution is -0.126. The zero-order valence-electron chi connectivity index (χ0n) is 16.2. The summed E-state index contributed by atoms with van der Waals surface area (Å²) in [6, 6.07) is 10.6. The number of carbonyl (C=O) groups excluding carboxylic acids is 2. The Labute approximate surface area is 170 Å². The normalized spacial score (nSPS) is 18.1. The number of halogens is 1. The summed E-state index contributed by atoms with van der Waals surface area (Å²) in [6.45, 7) is 1.56. The Morgan fingerprint density at radius 3 is 2.68 bits per heavy atom. The van der Waals surface area contributed by atoms with E-state index in [1.165, 1.54) is 0 Å². The maximum absolute atomic E-state index is 12.7. The molecule has 0 radical (unpaired) electrons. The third kappa shape index (κ3) is 4.94. The molecule has 1 fully saturated rings. The average molecular weight is 404 g/mol. The highest BCUT2D eigenvalue weighted by Crippen LogP contribution is 2.21. The van der Waals surface area contributed by atoms with Crippen LogP contribution in [0.25, 0.3) is 0 Å². The Morgan fingerprint density at radius 1 is 1.29 bits per heavy atom. The van der Waals surface area contributed by atoms with Crippen LogP contribution in [0, 0.1) is 5.92 Å². The second kappa shape index (κ2) is 9.26. The number of furan rings is 1. The highest BCUT2D eigenvalue weighted by atomic mass is 35.5. The first kappa shape index (κ1) is 20.4. The topological polar surface area (TPSA) is 65.8 Å². The molecule has 2 heterocycles. The SMILES string of the molecule is CN(C)[C@@H](CNC(=O)[C@H]1CCCN(C(=O)c2ccc(Cl)cc2)C1)c1ccco1. The lowest BCUT2D eigenvalue weighted by atomic mass is 9.96.